The van der Waals surface area contributed by atoms with Crippen LogP contribution in [0.5, 0.6) is 0 Å². The molecule has 1 aromatic carbocycles. The Bertz CT molecular complexity index is 920. The molecule has 0 spiro atoms. The number of thiazole rings is 1. The smallest absolute Gasteiger partial charge is 0.337 e. The van der Waals surface area contributed by atoms with Crippen molar-refractivity contribution >= 4 is 73.1 Å². The maximum absolute atomic E-state index is 12.2. The number of fused-ring (bicyclic) bond motifs is 1. The van der Waals surface area contributed by atoms with Gasteiger partial charge in [0.25, 0.3) is 5.91 Å². The second kappa shape index (κ2) is 6.45. The first-order valence-electron chi connectivity index (χ1n) is 6.23. The van der Waals surface area contributed by atoms with Crippen LogP contribution < -0.4 is 5.32 Å². The van der Waals surface area contributed by atoms with Crippen LogP contribution in [0.25, 0.3) is 10.2 Å². The summed E-state index contributed by atoms with van der Waals surface area (Å²) < 4.78 is 6.20. The first kappa shape index (κ1) is 16.2. The number of ether oxygens (including phenoxy) is 1. The molecule has 1 N–H and O–H groups in total. The molecule has 3 aromatic rings. The van der Waals surface area contributed by atoms with Crippen LogP contribution in [0.1, 0.15) is 20.7 Å². The normalized spacial score (nSPS) is 10.7. The van der Waals surface area contributed by atoms with Gasteiger partial charge in [-0.3, -0.25) is 10.1 Å². The number of amides is 1. The van der Waals surface area contributed by atoms with Crippen molar-refractivity contribution in [2.75, 3.05) is 12.4 Å². The molecule has 0 radical (unpaired) electrons. The predicted octanol–water partition coefficient (Wildman–Crippen LogP) is 4.70. The monoisotopic (exact) mass is 386 g/mol. The number of methoxy groups -OCH3 is 1. The van der Waals surface area contributed by atoms with E-state index in [9.17, 15) is 9.59 Å². The highest BCUT2D eigenvalue weighted by molar-refractivity contribution is 7.22. The third kappa shape index (κ3) is 3.32. The van der Waals surface area contributed by atoms with Crippen LogP contribution in [0.2, 0.25) is 8.67 Å². The molecule has 118 valence electrons. The van der Waals surface area contributed by atoms with E-state index in [0.717, 1.165) is 16.0 Å². The van der Waals surface area contributed by atoms with Gasteiger partial charge in [0, 0.05) is 0 Å². The Morgan fingerprint density at radius 2 is 2.00 bits per heavy atom. The molecule has 0 atom stereocenters. The first-order chi connectivity index (χ1) is 11.0. The van der Waals surface area contributed by atoms with Crippen LogP contribution in [0.4, 0.5) is 5.13 Å². The standard InChI is InChI=1S/C14H8Cl2N2O3S2/c1-21-13(20)6-2-3-8-9(4-6)22-14(17-8)18-12(19)7-5-10(15)23-11(7)16/h2-5H,1H3,(H,17,18,19). The lowest BCUT2D eigenvalue weighted by Crippen LogP contribution is -2.10. The largest absolute Gasteiger partial charge is 0.465 e. The molecule has 0 saturated heterocycles. The van der Waals surface area contributed by atoms with Crippen molar-refractivity contribution in [1.82, 2.24) is 4.98 Å². The fourth-order valence-corrected chi connectivity index (χ4v) is 4.24. The fourth-order valence-electron chi connectivity index (χ4n) is 1.88. The van der Waals surface area contributed by atoms with Crippen molar-refractivity contribution in [2.45, 2.75) is 0 Å². The molecule has 0 unspecified atom stereocenters. The number of nitrogens with one attached hydrogen (secondary N) is 1. The third-order valence-corrected chi connectivity index (χ3v) is 5.35. The summed E-state index contributed by atoms with van der Waals surface area (Å²) in [5.41, 5.74) is 1.40. The lowest BCUT2D eigenvalue weighted by molar-refractivity contribution is 0.0601. The molecule has 0 saturated carbocycles. The van der Waals surface area contributed by atoms with E-state index in [1.807, 2.05) is 0 Å². The van der Waals surface area contributed by atoms with E-state index in [-0.39, 0.29) is 5.91 Å². The molecule has 2 aromatic heterocycles. The average Bonchev–Trinajstić information content (AvgIpc) is 3.07. The van der Waals surface area contributed by atoms with Crippen LogP contribution in [-0.4, -0.2) is 24.0 Å². The Morgan fingerprint density at radius 3 is 2.65 bits per heavy atom. The minimum atomic E-state index is -0.425. The summed E-state index contributed by atoms with van der Waals surface area (Å²) in [5.74, 6) is -0.809. The minimum Gasteiger partial charge on any atom is -0.465 e. The summed E-state index contributed by atoms with van der Waals surface area (Å²) in [5, 5.41) is 3.09. The Morgan fingerprint density at radius 1 is 1.22 bits per heavy atom. The highest BCUT2D eigenvalue weighted by Gasteiger charge is 2.16. The van der Waals surface area contributed by atoms with Crippen LogP contribution in [0.15, 0.2) is 24.3 Å². The summed E-state index contributed by atoms with van der Waals surface area (Å²) >= 11 is 14.2. The van der Waals surface area contributed by atoms with E-state index in [1.54, 1.807) is 18.2 Å². The molecule has 0 bridgehead atoms. The molecule has 0 aliphatic carbocycles. The Hall–Kier alpha value is -1.67. The molecule has 1 amide bonds. The first-order valence-corrected chi connectivity index (χ1v) is 8.62. The van der Waals surface area contributed by atoms with E-state index in [2.05, 4.69) is 15.0 Å². The minimum absolute atomic E-state index is 0.302. The van der Waals surface area contributed by atoms with Gasteiger partial charge in [0.2, 0.25) is 0 Å². The van der Waals surface area contributed by atoms with Gasteiger partial charge in [-0.2, -0.15) is 0 Å². The molecule has 2 heterocycles. The van der Waals surface area contributed by atoms with Gasteiger partial charge < -0.3 is 4.74 Å². The molecule has 5 nitrogen and oxygen atoms in total. The highest BCUT2D eigenvalue weighted by Crippen LogP contribution is 2.32. The summed E-state index contributed by atoms with van der Waals surface area (Å²) in [4.78, 5) is 28.0. The van der Waals surface area contributed by atoms with Gasteiger partial charge >= 0.3 is 5.97 Å². The number of carbonyl (C=O) groups excluding carboxylic acids is 2. The van der Waals surface area contributed by atoms with Gasteiger partial charge in [0.1, 0.15) is 4.34 Å². The number of anilines is 1. The molecule has 3 rings (SSSR count). The van der Waals surface area contributed by atoms with E-state index < -0.39 is 5.97 Å². The van der Waals surface area contributed by atoms with Crippen LogP contribution in [-0.2, 0) is 4.74 Å². The lowest BCUT2D eigenvalue weighted by Gasteiger charge is -1.98. The van der Waals surface area contributed by atoms with E-state index in [1.165, 1.54) is 24.5 Å². The van der Waals surface area contributed by atoms with Crippen LogP contribution in [0.3, 0.4) is 0 Å². The zero-order chi connectivity index (χ0) is 16.6. The average molecular weight is 387 g/mol. The van der Waals surface area contributed by atoms with Gasteiger partial charge in [-0.05, 0) is 24.3 Å². The maximum Gasteiger partial charge on any atom is 0.337 e. The van der Waals surface area contributed by atoms with E-state index in [4.69, 9.17) is 23.2 Å². The van der Waals surface area contributed by atoms with E-state index >= 15 is 0 Å². The van der Waals surface area contributed by atoms with Gasteiger partial charge in [0.05, 0.1) is 32.8 Å². The molecule has 0 fully saturated rings. The van der Waals surface area contributed by atoms with E-state index in [0.29, 0.717) is 30.4 Å². The number of hydrogen-bond donors (Lipinski definition) is 1. The van der Waals surface area contributed by atoms with Crippen molar-refractivity contribution < 1.29 is 14.3 Å². The number of aromatic nitrogens is 1. The van der Waals surface area contributed by atoms with Crippen molar-refractivity contribution in [3.63, 3.8) is 0 Å². The number of halogens is 2. The number of thiophene rings is 1. The Kier molecular flexibility index (Phi) is 4.54. The fraction of sp³-hybridized carbons (Fsp3) is 0.0714. The summed E-state index contributed by atoms with van der Waals surface area (Å²) in [7, 11) is 1.32. The summed E-state index contributed by atoms with van der Waals surface area (Å²) in [6, 6.07) is 6.49. The third-order valence-electron chi connectivity index (χ3n) is 2.93. The SMILES string of the molecule is COC(=O)c1ccc2nc(NC(=O)c3cc(Cl)sc3Cl)sc2c1. The second-order valence-corrected chi connectivity index (χ2v) is 7.70. The Labute approximate surface area is 148 Å². The quantitative estimate of drug-likeness (QED) is 0.662. The molecular formula is C14H8Cl2N2O3S2. The van der Waals surface area contributed by atoms with Crippen molar-refractivity contribution in [2.24, 2.45) is 0 Å². The van der Waals surface area contributed by atoms with Gasteiger partial charge in [-0.1, -0.05) is 34.5 Å². The number of carbonyl (C=O) groups is 2. The number of hydrogen-bond acceptors (Lipinski definition) is 6. The molecule has 23 heavy (non-hydrogen) atoms. The van der Waals surface area contributed by atoms with Crippen molar-refractivity contribution in [3.05, 3.63) is 44.1 Å². The number of nitrogens with zero attached hydrogens (tertiary/aromatic N) is 1. The van der Waals surface area contributed by atoms with Gasteiger partial charge in [-0.25, -0.2) is 9.78 Å². The molecule has 0 aliphatic heterocycles. The predicted molar refractivity (Wildman–Crippen MR) is 93.3 cm³/mol. The molecular weight excluding hydrogens is 379 g/mol. The summed E-state index contributed by atoms with van der Waals surface area (Å²) in [6.45, 7) is 0. The Balaban J connectivity index is 1.87. The molecule has 0 aliphatic rings. The van der Waals surface area contributed by atoms with Gasteiger partial charge in [-0.15, -0.1) is 11.3 Å². The number of esters is 1. The highest BCUT2D eigenvalue weighted by atomic mass is 35.5. The summed E-state index contributed by atoms with van der Waals surface area (Å²) in [6.07, 6.45) is 0. The molecule has 9 heteroatoms. The van der Waals surface area contributed by atoms with Crippen LogP contribution in [0, 0.1) is 0 Å². The zero-order valence-corrected chi connectivity index (χ0v) is 14.7. The lowest BCUT2D eigenvalue weighted by atomic mass is 10.2. The van der Waals surface area contributed by atoms with Gasteiger partial charge in [0.15, 0.2) is 5.13 Å². The maximum atomic E-state index is 12.2. The van der Waals surface area contributed by atoms with Crippen molar-refractivity contribution in [1.29, 1.82) is 0 Å². The number of benzene rings is 1. The van der Waals surface area contributed by atoms with Crippen LogP contribution >= 0.6 is 45.9 Å². The topological polar surface area (TPSA) is 68.3 Å². The van der Waals surface area contributed by atoms with Crippen molar-refractivity contribution in [3.8, 4) is 0 Å². The zero-order valence-electron chi connectivity index (χ0n) is 11.6. The second-order valence-electron chi connectivity index (χ2n) is 4.39. The number of rotatable bonds is 3.